The van der Waals surface area contributed by atoms with Crippen LogP contribution in [0.2, 0.25) is 10.0 Å². The van der Waals surface area contributed by atoms with Crippen molar-refractivity contribution < 1.29 is 27.4 Å². The Kier molecular flexibility index (Phi) is 5.40. The Labute approximate surface area is 143 Å². The molecule has 0 aliphatic carbocycles. The first-order valence-corrected chi connectivity index (χ1v) is 6.91. The number of hydrogen-bond acceptors (Lipinski definition) is 5. The molecular weight excluding hydrogens is 376 g/mol. The van der Waals surface area contributed by atoms with Crippen molar-refractivity contribution in [1.29, 1.82) is 0 Å². The Hall–Kier alpha value is -2.20. The SMILES string of the molecule is Cn1nc(-c2nc(OCC(N)=O)c(Cl)cc2F)c(Cl)c1OC(F)F. The predicted octanol–water partition coefficient (Wildman–Crippen LogP) is 2.39. The molecule has 1 amide bonds. The van der Waals surface area contributed by atoms with Crippen LogP contribution in [0.25, 0.3) is 11.4 Å². The van der Waals surface area contributed by atoms with Gasteiger partial charge in [0.2, 0.25) is 11.8 Å². The van der Waals surface area contributed by atoms with Crippen molar-refractivity contribution in [1.82, 2.24) is 14.8 Å². The normalized spacial score (nSPS) is 11.0. The lowest BCUT2D eigenvalue weighted by Gasteiger charge is -2.07. The number of halogens is 5. The van der Waals surface area contributed by atoms with E-state index in [4.69, 9.17) is 33.7 Å². The molecule has 130 valence electrons. The van der Waals surface area contributed by atoms with E-state index >= 15 is 0 Å². The van der Waals surface area contributed by atoms with Crippen LogP contribution in [-0.2, 0) is 11.8 Å². The van der Waals surface area contributed by atoms with Crippen molar-refractivity contribution >= 4 is 29.1 Å². The molecule has 0 bridgehead atoms. The number of nitrogens with zero attached hydrogens (tertiary/aromatic N) is 3. The summed E-state index contributed by atoms with van der Waals surface area (Å²) in [5.41, 5.74) is 4.23. The van der Waals surface area contributed by atoms with E-state index in [9.17, 15) is 18.0 Å². The number of aromatic nitrogens is 3. The molecule has 0 aliphatic heterocycles. The molecule has 0 aliphatic rings. The van der Waals surface area contributed by atoms with Gasteiger partial charge in [0.25, 0.3) is 5.91 Å². The zero-order valence-corrected chi connectivity index (χ0v) is 13.4. The zero-order chi connectivity index (χ0) is 18.0. The zero-order valence-electron chi connectivity index (χ0n) is 11.9. The Morgan fingerprint density at radius 1 is 1.42 bits per heavy atom. The number of carbonyl (C=O) groups excluding carboxylic acids is 1. The van der Waals surface area contributed by atoms with Gasteiger partial charge in [-0.1, -0.05) is 23.2 Å². The highest BCUT2D eigenvalue weighted by molar-refractivity contribution is 6.34. The third-order valence-corrected chi connectivity index (χ3v) is 3.22. The number of aryl methyl sites for hydroxylation is 1. The maximum absolute atomic E-state index is 14.1. The number of nitrogens with two attached hydrogens (primary N) is 1. The van der Waals surface area contributed by atoms with E-state index in [0.717, 1.165) is 10.7 Å². The molecule has 0 aromatic carbocycles. The molecule has 2 heterocycles. The Morgan fingerprint density at radius 3 is 2.67 bits per heavy atom. The van der Waals surface area contributed by atoms with Crippen molar-refractivity contribution in [2.24, 2.45) is 12.8 Å². The van der Waals surface area contributed by atoms with Gasteiger partial charge in [0.05, 0.1) is 0 Å². The van der Waals surface area contributed by atoms with Gasteiger partial charge in [-0.05, 0) is 0 Å². The molecule has 0 unspecified atom stereocenters. The number of hydrogen-bond donors (Lipinski definition) is 1. The number of alkyl halides is 2. The van der Waals surface area contributed by atoms with E-state index in [1.165, 1.54) is 7.05 Å². The second-order valence-electron chi connectivity index (χ2n) is 4.33. The van der Waals surface area contributed by atoms with E-state index in [1.807, 2.05) is 0 Å². The largest absolute Gasteiger partial charge is 0.466 e. The first-order valence-electron chi connectivity index (χ1n) is 6.15. The minimum Gasteiger partial charge on any atom is -0.466 e. The van der Waals surface area contributed by atoms with Crippen LogP contribution in [-0.4, -0.2) is 33.9 Å². The topological polar surface area (TPSA) is 92.3 Å². The van der Waals surface area contributed by atoms with Crippen molar-refractivity contribution in [3.63, 3.8) is 0 Å². The predicted molar refractivity (Wildman–Crippen MR) is 77.7 cm³/mol. The van der Waals surface area contributed by atoms with Crippen LogP contribution in [0.4, 0.5) is 13.2 Å². The van der Waals surface area contributed by atoms with Crippen LogP contribution < -0.4 is 15.2 Å². The highest BCUT2D eigenvalue weighted by Gasteiger charge is 2.24. The monoisotopic (exact) mass is 384 g/mol. The van der Waals surface area contributed by atoms with E-state index in [1.54, 1.807) is 0 Å². The summed E-state index contributed by atoms with van der Waals surface area (Å²) >= 11 is 11.7. The summed E-state index contributed by atoms with van der Waals surface area (Å²) in [4.78, 5) is 14.5. The van der Waals surface area contributed by atoms with Crippen LogP contribution in [0.1, 0.15) is 0 Å². The maximum Gasteiger partial charge on any atom is 0.388 e. The number of carbonyl (C=O) groups is 1. The lowest BCUT2D eigenvalue weighted by molar-refractivity contribution is -0.120. The van der Waals surface area contributed by atoms with Crippen molar-refractivity contribution in [3.05, 3.63) is 21.9 Å². The minimum absolute atomic E-state index is 0.228. The average Bonchev–Trinajstić information content (AvgIpc) is 2.74. The third kappa shape index (κ3) is 3.82. The first kappa shape index (κ1) is 18.1. The fourth-order valence-electron chi connectivity index (χ4n) is 1.70. The van der Waals surface area contributed by atoms with Gasteiger partial charge < -0.3 is 15.2 Å². The van der Waals surface area contributed by atoms with Gasteiger partial charge in [0.15, 0.2) is 12.4 Å². The fourth-order valence-corrected chi connectivity index (χ4v) is 2.19. The quantitative estimate of drug-likeness (QED) is 0.825. The summed E-state index contributed by atoms with van der Waals surface area (Å²) in [7, 11) is 1.27. The van der Waals surface area contributed by atoms with Crippen LogP contribution in [0, 0.1) is 5.82 Å². The minimum atomic E-state index is -3.15. The Balaban J connectivity index is 2.48. The molecule has 0 saturated heterocycles. The smallest absolute Gasteiger partial charge is 0.388 e. The summed E-state index contributed by atoms with van der Waals surface area (Å²) in [6, 6.07) is 0.846. The molecule has 0 fully saturated rings. The van der Waals surface area contributed by atoms with Gasteiger partial charge in [-0.25, -0.2) is 14.1 Å². The number of rotatable bonds is 6. The van der Waals surface area contributed by atoms with Gasteiger partial charge in [-0.2, -0.15) is 13.9 Å². The molecule has 0 spiro atoms. The summed E-state index contributed by atoms with van der Waals surface area (Å²) in [6.07, 6.45) is 0. The molecule has 7 nitrogen and oxygen atoms in total. The maximum atomic E-state index is 14.1. The molecule has 0 radical (unpaired) electrons. The van der Waals surface area contributed by atoms with Crippen LogP contribution in [0.3, 0.4) is 0 Å². The van der Waals surface area contributed by atoms with Crippen molar-refractivity contribution in [2.75, 3.05) is 6.61 Å². The Bertz CT molecular complexity index is 785. The highest BCUT2D eigenvalue weighted by Crippen LogP contribution is 2.37. The van der Waals surface area contributed by atoms with Gasteiger partial charge in [0, 0.05) is 13.1 Å². The van der Waals surface area contributed by atoms with Crippen molar-refractivity contribution in [2.45, 2.75) is 6.61 Å². The molecule has 2 N–H and O–H groups in total. The van der Waals surface area contributed by atoms with Gasteiger partial charge >= 0.3 is 6.61 Å². The molecule has 0 saturated carbocycles. The number of pyridine rings is 1. The molecule has 2 rings (SSSR count). The lowest BCUT2D eigenvalue weighted by atomic mass is 10.2. The highest BCUT2D eigenvalue weighted by atomic mass is 35.5. The van der Waals surface area contributed by atoms with E-state index in [-0.39, 0.29) is 21.6 Å². The summed E-state index contributed by atoms with van der Waals surface area (Å²) in [6.45, 7) is -3.70. The Morgan fingerprint density at radius 2 is 2.08 bits per heavy atom. The van der Waals surface area contributed by atoms with E-state index in [2.05, 4.69) is 14.8 Å². The summed E-state index contributed by atoms with van der Waals surface area (Å²) in [5.74, 6) is -2.51. The number of amides is 1. The first-order chi connectivity index (χ1) is 11.2. The van der Waals surface area contributed by atoms with Gasteiger partial charge in [0.1, 0.15) is 21.4 Å². The molecule has 12 heteroatoms. The molecule has 24 heavy (non-hydrogen) atoms. The molecule has 2 aromatic heterocycles. The van der Waals surface area contributed by atoms with Gasteiger partial charge in [-0.15, -0.1) is 0 Å². The third-order valence-electron chi connectivity index (χ3n) is 2.61. The van der Waals surface area contributed by atoms with Crippen LogP contribution in [0.15, 0.2) is 6.07 Å². The fraction of sp³-hybridized carbons (Fsp3) is 0.250. The second kappa shape index (κ2) is 7.14. The number of primary amides is 1. The average molecular weight is 385 g/mol. The lowest BCUT2D eigenvalue weighted by Crippen LogP contribution is -2.20. The van der Waals surface area contributed by atoms with Crippen LogP contribution in [0.5, 0.6) is 11.8 Å². The van der Waals surface area contributed by atoms with E-state index in [0.29, 0.717) is 0 Å². The standard InChI is InChI=1S/C12H9Cl2F3N4O3/c1-21-11(24-12(16)17)7(14)9(20-21)8-5(15)2-4(13)10(19-8)23-3-6(18)22/h2,12H,3H2,1H3,(H2,18,22). The second-order valence-corrected chi connectivity index (χ2v) is 5.12. The van der Waals surface area contributed by atoms with E-state index < -0.39 is 36.5 Å². The van der Waals surface area contributed by atoms with Crippen LogP contribution >= 0.6 is 23.2 Å². The molecule has 0 atom stereocenters. The van der Waals surface area contributed by atoms with Gasteiger partial charge in [-0.3, -0.25) is 4.79 Å². The number of ether oxygens (including phenoxy) is 2. The van der Waals surface area contributed by atoms with Crippen molar-refractivity contribution in [3.8, 4) is 23.1 Å². The summed E-state index contributed by atoms with van der Waals surface area (Å²) in [5, 5.41) is 3.18. The molecule has 2 aromatic rings. The summed E-state index contributed by atoms with van der Waals surface area (Å²) < 4.78 is 48.9. The molecular formula is C12H9Cl2F3N4O3.